The predicted octanol–water partition coefficient (Wildman–Crippen LogP) is 0.346. The van der Waals surface area contributed by atoms with Crippen LogP contribution >= 0.6 is 0 Å². The molecule has 0 aliphatic heterocycles. The van der Waals surface area contributed by atoms with Crippen molar-refractivity contribution in [1.29, 1.82) is 0 Å². The first-order chi connectivity index (χ1) is 12.9. The fraction of sp³-hybridized carbons (Fsp3) is 0.500. The maximum Gasteiger partial charge on any atom is 0.269 e. The van der Waals surface area contributed by atoms with Crippen molar-refractivity contribution < 1.29 is 30.7 Å². The summed E-state index contributed by atoms with van der Waals surface area (Å²) < 4.78 is 60.4. The molecule has 0 aliphatic rings. The molecule has 10 nitrogen and oxygen atoms in total. The molecule has 1 heterocycles. The first-order valence-corrected chi connectivity index (χ1v) is 11.7. The van der Waals surface area contributed by atoms with Crippen LogP contribution in [0.15, 0.2) is 18.2 Å². The molecule has 158 valence electrons. The van der Waals surface area contributed by atoms with Gasteiger partial charge in [-0.25, -0.2) is 4.98 Å². The zero-order valence-electron chi connectivity index (χ0n) is 15.6. The molecule has 0 unspecified atom stereocenters. The SMILES string of the molecule is CC(C)/C=C/c1cc(CNCCS(=O)(=O)O)nc(C(=O)NCCS(=O)(=O)O)c1. The number of rotatable bonds is 11. The van der Waals surface area contributed by atoms with Crippen LogP contribution in [0.2, 0.25) is 0 Å². The summed E-state index contributed by atoms with van der Waals surface area (Å²) in [5.41, 5.74) is 1.20. The average molecular weight is 436 g/mol. The van der Waals surface area contributed by atoms with Gasteiger partial charge in [0.2, 0.25) is 0 Å². The Morgan fingerprint density at radius 3 is 2.29 bits per heavy atom. The lowest BCUT2D eigenvalue weighted by atomic mass is 10.1. The number of carbonyl (C=O) groups is 1. The molecule has 0 radical (unpaired) electrons. The van der Waals surface area contributed by atoms with Gasteiger partial charge in [-0.15, -0.1) is 0 Å². The molecule has 0 fully saturated rings. The first kappa shape index (κ1) is 24.2. The molecule has 0 aliphatic carbocycles. The highest BCUT2D eigenvalue weighted by atomic mass is 32.2. The molecule has 1 aromatic rings. The molecule has 0 spiro atoms. The van der Waals surface area contributed by atoms with Gasteiger partial charge in [-0.05, 0) is 23.6 Å². The molecule has 0 atom stereocenters. The molecule has 28 heavy (non-hydrogen) atoms. The van der Waals surface area contributed by atoms with Crippen LogP contribution in [0.1, 0.15) is 35.6 Å². The van der Waals surface area contributed by atoms with Crippen molar-refractivity contribution in [2.45, 2.75) is 20.4 Å². The molecule has 1 amide bonds. The summed E-state index contributed by atoms with van der Waals surface area (Å²) in [4.78, 5) is 16.4. The monoisotopic (exact) mass is 435 g/mol. The Balaban J connectivity index is 2.91. The van der Waals surface area contributed by atoms with Crippen molar-refractivity contribution in [3.8, 4) is 0 Å². The molecule has 0 bridgehead atoms. The molecule has 0 saturated carbocycles. The maximum atomic E-state index is 12.2. The lowest BCUT2D eigenvalue weighted by Crippen LogP contribution is -2.30. The third kappa shape index (κ3) is 11.1. The molecule has 0 saturated heterocycles. The highest BCUT2D eigenvalue weighted by molar-refractivity contribution is 7.86. The number of pyridine rings is 1. The van der Waals surface area contributed by atoms with Gasteiger partial charge in [0.1, 0.15) is 5.69 Å². The van der Waals surface area contributed by atoms with Crippen molar-refractivity contribution >= 4 is 32.2 Å². The molecule has 1 rings (SSSR count). The number of hydrogen-bond donors (Lipinski definition) is 4. The summed E-state index contributed by atoms with van der Waals surface area (Å²) in [6.07, 6.45) is 3.73. The van der Waals surface area contributed by atoms with E-state index in [1.807, 2.05) is 26.0 Å². The number of allylic oxidation sites excluding steroid dienone is 1. The molecular formula is C16H25N3O7S2. The van der Waals surface area contributed by atoms with Crippen LogP contribution in [0.3, 0.4) is 0 Å². The first-order valence-electron chi connectivity index (χ1n) is 8.44. The van der Waals surface area contributed by atoms with E-state index in [2.05, 4.69) is 15.6 Å². The summed E-state index contributed by atoms with van der Waals surface area (Å²) >= 11 is 0. The number of amides is 1. The van der Waals surface area contributed by atoms with Crippen molar-refractivity contribution in [3.63, 3.8) is 0 Å². The van der Waals surface area contributed by atoms with Crippen LogP contribution in [0.25, 0.3) is 6.08 Å². The molecule has 4 N–H and O–H groups in total. The Bertz CT molecular complexity index is 910. The fourth-order valence-electron chi connectivity index (χ4n) is 2.02. The quantitative estimate of drug-likeness (QED) is 0.283. The van der Waals surface area contributed by atoms with Crippen LogP contribution in [0, 0.1) is 5.92 Å². The van der Waals surface area contributed by atoms with E-state index in [9.17, 15) is 21.6 Å². The largest absolute Gasteiger partial charge is 0.350 e. The van der Waals surface area contributed by atoms with Crippen LogP contribution in [-0.2, 0) is 26.8 Å². The number of carbonyl (C=O) groups excluding carboxylic acids is 1. The summed E-state index contributed by atoms with van der Waals surface area (Å²) in [7, 11) is -8.27. The Morgan fingerprint density at radius 1 is 1.11 bits per heavy atom. The Labute approximate surface area is 164 Å². The van der Waals surface area contributed by atoms with Gasteiger partial charge in [-0.2, -0.15) is 16.8 Å². The minimum atomic E-state index is -4.19. The second-order valence-electron chi connectivity index (χ2n) is 6.38. The Hall–Kier alpha value is -1.86. The Kier molecular flexibility index (Phi) is 9.17. The second kappa shape index (κ2) is 10.6. The Morgan fingerprint density at radius 2 is 1.71 bits per heavy atom. The summed E-state index contributed by atoms with van der Waals surface area (Å²) in [5.74, 6) is -1.40. The minimum Gasteiger partial charge on any atom is -0.350 e. The van der Waals surface area contributed by atoms with Crippen molar-refractivity contribution in [2.75, 3.05) is 24.6 Å². The van der Waals surface area contributed by atoms with Gasteiger partial charge >= 0.3 is 0 Å². The van der Waals surface area contributed by atoms with Gasteiger partial charge in [-0.3, -0.25) is 13.9 Å². The third-order valence-electron chi connectivity index (χ3n) is 3.30. The van der Waals surface area contributed by atoms with Gasteiger partial charge in [-0.1, -0.05) is 26.0 Å². The summed E-state index contributed by atoms with van der Waals surface area (Å²) in [6.45, 7) is 3.86. The van der Waals surface area contributed by atoms with Crippen LogP contribution < -0.4 is 10.6 Å². The average Bonchev–Trinajstić information content (AvgIpc) is 2.54. The molecular weight excluding hydrogens is 410 g/mol. The van der Waals surface area contributed by atoms with E-state index in [1.54, 1.807) is 6.07 Å². The van der Waals surface area contributed by atoms with Gasteiger partial charge in [0, 0.05) is 19.6 Å². The van der Waals surface area contributed by atoms with Gasteiger partial charge in [0.05, 0.1) is 17.2 Å². The fourth-order valence-corrected chi connectivity index (χ4v) is 2.78. The summed E-state index contributed by atoms with van der Waals surface area (Å²) in [5, 5.41) is 5.17. The zero-order valence-corrected chi connectivity index (χ0v) is 17.3. The van der Waals surface area contributed by atoms with Crippen LogP contribution in [0.4, 0.5) is 0 Å². The number of aromatic nitrogens is 1. The van der Waals surface area contributed by atoms with E-state index in [1.165, 1.54) is 6.07 Å². The zero-order chi connectivity index (χ0) is 21.4. The van der Waals surface area contributed by atoms with Crippen molar-refractivity contribution in [2.24, 2.45) is 5.92 Å². The third-order valence-corrected chi connectivity index (χ3v) is 4.74. The van der Waals surface area contributed by atoms with Gasteiger partial charge in [0.15, 0.2) is 0 Å². The van der Waals surface area contributed by atoms with E-state index < -0.39 is 37.6 Å². The van der Waals surface area contributed by atoms with E-state index in [0.717, 1.165) is 0 Å². The smallest absolute Gasteiger partial charge is 0.269 e. The highest BCUT2D eigenvalue weighted by Gasteiger charge is 2.12. The maximum absolute atomic E-state index is 12.2. The van der Waals surface area contributed by atoms with E-state index in [4.69, 9.17) is 9.11 Å². The standard InChI is InChI=1S/C16H25N3O7S2/c1-12(2)3-4-13-9-14(11-17-5-7-27(21,22)23)19-15(10-13)16(20)18-6-8-28(24,25)26/h3-4,9-10,12,17H,5-8,11H2,1-2H3,(H,18,20)(H,21,22,23)(H,24,25,26)/b4-3+. The van der Waals surface area contributed by atoms with Crippen LogP contribution in [-0.4, -0.2) is 61.4 Å². The van der Waals surface area contributed by atoms with E-state index in [0.29, 0.717) is 11.3 Å². The van der Waals surface area contributed by atoms with Gasteiger partial charge in [0.25, 0.3) is 26.1 Å². The van der Waals surface area contributed by atoms with Crippen molar-refractivity contribution in [3.05, 3.63) is 35.2 Å². The number of hydrogen-bond acceptors (Lipinski definition) is 7. The number of nitrogens with zero attached hydrogens (tertiary/aromatic N) is 1. The lowest BCUT2D eigenvalue weighted by molar-refractivity contribution is 0.0950. The predicted molar refractivity (Wildman–Crippen MR) is 105 cm³/mol. The van der Waals surface area contributed by atoms with Crippen LogP contribution in [0.5, 0.6) is 0 Å². The van der Waals surface area contributed by atoms with E-state index in [-0.39, 0.29) is 31.2 Å². The molecule has 1 aromatic heterocycles. The summed E-state index contributed by atoms with van der Waals surface area (Å²) in [6, 6.07) is 3.25. The van der Waals surface area contributed by atoms with E-state index >= 15 is 0 Å². The topological polar surface area (TPSA) is 163 Å². The molecule has 0 aromatic carbocycles. The second-order valence-corrected chi connectivity index (χ2v) is 9.53. The number of nitrogens with one attached hydrogen (secondary N) is 2. The lowest BCUT2D eigenvalue weighted by Gasteiger charge is -2.09. The normalized spacial score (nSPS) is 12.6. The minimum absolute atomic E-state index is 0.00244. The molecule has 12 heteroatoms. The van der Waals surface area contributed by atoms with Crippen molar-refractivity contribution in [1.82, 2.24) is 15.6 Å². The van der Waals surface area contributed by atoms with Gasteiger partial charge < -0.3 is 10.6 Å². The highest BCUT2D eigenvalue weighted by Crippen LogP contribution is 2.10.